The number of aryl methyl sites for hydroxylation is 1. The van der Waals surface area contributed by atoms with Crippen LogP contribution in [-0.4, -0.2) is 19.5 Å². The van der Waals surface area contributed by atoms with Gasteiger partial charge in [0.15, 0.2) is 18.1 Å². The van der Waals surface area contributed by atoms with E-state index < -0.39 is 0 Å². The minimum Gasteiger partial charge on any atom is -0.493 e. The number of hydrogen-bond acceptors (Lipinski definition) is 4. The van der Waals surface area contributed by atoms with Crippen LogP contribution >= 0.6 is 43.2 Å². The van der Waals surface area contributed by atoms with Gasteiger partial charge in [-0.15, -0.1) is 11.3 Å². The second kappa shape index (κ2) is 7.42. The van der Waals surface area contributed by atoms with Crippen LogP contribution in [0.4, 0.5) is 0 Å². The second-order valence-corrected chi connectivity index (χ2v) is 8.04. The molecule has 112 valence electrons. The molecule has 2 aromatic rings. The van der Waals surface area contributed by atoms with Crippen molar-refractivity contribution in [3.8, 4) is 11.5 Å². The Balaban J connectivity index is 2.09. The van der Waals surface area contributed by atoms with Crippen LogP contribution in [0.3, 0.4) is 0 Å². The lowest BCUT2D eigenvalue weighted by molar-refractivity contribution is 0.0919. The van der Waals surface area contributed by atoms with Gasteiger partial charge in [0.1, 0.15) is 0 Å². The first-order valence-electron chi connectivity index (χ1n) is 6.33. The number of benzene rings is 1. The Morgan fingerprint density at radius 1 is 1.24 bits per heavy atom. The number of ether oxygens (including phenoxy) is 2. The number of Topliss-reactive ketones (excluding diaryl/α,β-unsaturated/α-hetero) is 1. The van der Waals surface area contributed by atoms with E-state index in [0.29, 0.717) is 17.1 Å². The van der Waals surface area contributed by atoms with Gasteiger partial charge in [0, 0.05) is 5.56 Å². The molecular formula is C15H14Br2O3S. The van der Waals surface area contributed by atoms with Gasteiger partial charge in [-0.1, -0.05) is 13.0 Å². The Kier molecular flexibility index (Phi) is 5.84. The Labute approximate surface area is 144 Å². The molecule has 0 amide bonds. The monoisotopic (exact) mass is 432 g/mol. The fourth-order valence-corrected chi connectivity index (χ4v) is 4.66. The molecule has 21 heavy (non-hydrogen) atoms. The van der Waals surface area contributed by atoms with Crippen LogP contribution in [0.1, 0.15) is 22.8 Å². The van der Waals surface area contributed by atoms with E-state index in [4.69, 9.17) is 9.47 Å². The predicted molar refractivity (Wildman–Crippen MR) is 91.9 cm³/mol. The quantitative estimate of drug-likeness (QED) is 0.594. The third kappa shape index (κ3) is 4.08. The van der Waals surface area contributed by atoms with Crippen LogP contribution in [0.2, 0.25) is 0 Å². The summed E-state index contributed by atoms with van der Waals surface area (Å²) in [5, 5.41) is 0. The molecule has 1 aromatic carbocycles. The van der Waals surface area contributed by atoms with Gasteiger partial charge in [0.25, 0.3) is 0 Å². The van der Waals surface area contributed by atoms with E-state index in [0.717, 1.165) is 19.6 Å². The van der Waals surface area contributed by atoms with E-state index in [1.165, 1.54) is 11.3 Å². The van der Waals surface area contributed by atoms with Crippen molar-refractivity contribution in [2.75, 3.05) is 13.7 Å². The Morgan fingerprint density at radius 2 is 2.00 bits per heavy atom. The molecule has 1 heterocycles. The Bertz CT molecular complexity index is 652. The van der Waals surface area contributed by atoms with E-state index in [9.17, 15) is 4.79 Å². The summed E-state index contributed by atoms with van der Waals surface area (Å²) < 4.78 is 12.6. The van der Waals surface area contributed by atoms with Gasteiger partial charge >= 0.3 is 0 Å². The molecule has 0 unspecified atom stereocenters. The number of halogens is 2. The minimum absolute atomic E-state index is 0.0242. The average molecular weight is 434 g/mol. The van der Waals surface area contributed by atoms with Gasteiger partial charge in [0.05, 0.1) is 14.7 Å². The number of ketones is 1. The summed E-state index contributed by atoms with van der Waals surface area (Å²) in [6.07, 6.45) is 0.922. The summed E-state index contributed by atoms with van der Waals surface area (Å²) in [5.74, 6) is 1.15. The number of thiophene rings is 1. The van der Waals surface area contributed by atoms with E-state index in [-0.39, 0.29) is 12.4 Å². The highest BCUT2D eigenvalue weighted by Crippen LogP contribution is 2.33. The second-order valence-electron chi connectivity index (χ2n) is 4.29. The molecule has 0 saturated carbocycles. The zero-order chi connectivity index (χ0) is 15.4. The molecule has 0 N–H and O–H groups in total. The number of carbonyl (C=O) groups is 1. The molecule has 0 aliphatic carbocycles. The first-order valence-corrected chi connectivity index (χ1v) is 8.73. The fraction of sp³-hybridized carbons (Fsp3) is 0.267. The summed E-state index contributed by atoms with van der Waals surface area (Å²) in [4.78, 5) is 12.2. The molecule has 2 rings (SSSR count). The van der Waals surface area contributed by atoms with E-state index in [1.54, 1.807) is 13.2 Å². The lowest BCUT2D eigenvalue weighted by atomic mass is 10.1. The molecule has 0 aliphatic heterocycles. The van der Waals surface area contributed by atoms with E-state index >= 15 is 0 Å². The molecular weight excluding hydrogens is 420 g/mol. The number of methoxy groups -OCH3 is 1. The van der Waals surface area contributed by atoms with E-state index in [2.05, 4.69) is 38.8 Å². The molecule has 0 radical (unpaired) electrons. The van der Waals surface area contributed by atoms with Gasteiger partial charge in [-0.2, -0.15) is 0 Å². The molecule has 6 heteroatoms. The summed E-state index contributed by atoms with van der Waals surface area (Å²) in [6.45, 7) is 2.05. The van der Waals surface area contributed by atoms with Crippen molar-refractivity contribution in [3.05, 3.63) is 43.0 Å². The maximum absolute atomic E-state index is 12.2. The minimum atomic E-state index is -0.0783. The van der Waals surface area contributed by atoms with Crippen molar-refractivity contribution in [1.82, 2.24) is 0 Å². The highest BCUT2D eigenvalue weighted by atomic mass is 79.9. The molecule has 0 aliphatic rings. The maximum Gasteiger partial charge on any atom is 0.202 e. The standard InChI is InChI=1S/C15H14Br2O3S/c1-3-9-4-5-12(13(6-9)19-2)20-8-11(18)10-7-14(16)21-15(10)17/h4-7H,3,8H2,1-2H3. The van der Waals surface area contributed by atoms with Crippen molar-refractivity contribution in [3.63, 3.8) is 0 Å². The van der Waals surface area contributed by atoms with Gasteiger partial charge in [-0.25, -0.2) is 0 Å². The molecule has 0 fully saturated rings. The molecule has 0 bridgehead atoms. The summed E-state index contributed by atoms with van der Waals surface area (Å²) in [5.41, 5.74) is 1.78. The zero-order valence-corrected chi connectivity index (χ0v) is 15.6. The topological polar surface area (TPSA) is 35.5 Å². The number of rotatable bonds is 6. The van der Waals surface area contributed by atoms with Crippen molar-refractivity contribution in [2.24, 2.45) is 0 Å². The SMILES string of the molecule is CCc1ccc(OCC(=O)c2cc(Br)sc2Br)c(OC)c1. The summed E-state index contributed by atoms with van der Waals surface area (Å²) in [7, 11) is 1.59. The normalized spacial score (nSPS) is 10.5. The van der Waals surface area contributed by atoms with Gasteiger partial charge in [-0.3, -0.25) is 4.79 Å². The molecule has 3 nitrogen and oxygen atoms in total. The van der Waals surface area contributed by atoms with Gasteiger partial charge in [0.2, 0.25) is 5.78 Å². The lowest BCUT2D eigenvalue weighted by Gasteiger charge is -2.11. The molecule has 0 saturated heterocycles. The van der Waals surface area contributed by atoms with E-state index in [1.807, 2.05) is 18.2 Å². The van der Waals surface area contributed by atoms with Crippen LogP contribution in [0.15, 0.2) is 31.8 Å². The van der Waals surface area contributed by atoms with Crippen LogP contribution in [0.25, 0.3) is 0 Å². The number of carbonyl (C=O) groups excluding carboxylic acids is 1. The maximum atomic E-state index is 12.2. The first kappa shape index (κ1) is 16.5. The van der Waals surface area contributed by atoms with Crippen LogP contribution in [-0.2, 0) is 6.42 Å². The van der Waals surface area contributed by atoms with Gasteiger partial charge in [-0.05, 0) is 62.0 Å². The Hall–Kier alpha value is -0.850. The largest absolute Gasteiger partial charge is 0.493 e. The van der Waals surface area contributed by atoms with Crippen molar-refractivity contribution in [1.29, 1.82) is 0 Å². The van der Waals surface area contributed by atoms with Crippen LogP contribution < -0.4 is 9.47 Å². The predicted octanol–water partition coefficient (Wildman–Crippen LogP) is 5.11. The molecule has 0 atom stereocenters. The van der Waals surface area contributed by atoms with Crippen LogP contribution in [0.5, 0.6) is 11.5 Å². The Morgan fingerprint density at radius 3 is 2.57 bits per heavy atom. The molecule has 0 spiro atoms. The van der Waals surface area contributed by atoms with Crippen molar-refractivity contribution >= 4 is 49.0 Å². The fourth-order valence-electron chi connectivity index (χ4n) is 1.80. The van der Waals surface area contributed by atoms with Crippen LogP contribution in [0, 0.1) is 0 Å². The first-order chi connectivity index (χ1) is 10.0. The molecule has 1 aromatic heterocycles. The third-order valence-corrected chi connectivity index (χ3v) is 5.29. The summed E-state index contributed by atoms with van der Waals surface area (Å²) >= 11 is 8.20. The smallest absolute Gasteiger partial charge is 0.202 e. The highest BCUT2D eigenvalue weighted by Gasteiger charge is 2.15. The zero-order valence-electron chi connectivity index (χ0n) is 11.6. The third-order valence-electron chi connectivity index (χ3n) is 2.95. The number of hydrogen-bond donors (Lipinski definition) is 0. The van der Waals surface area contributed by atoms with Crippen molar-refractivity contribution in [2.45, 2.75) is 13.3 Å². The average Bonchev–Trinajstić information content (AvgIpc) is 2.83. The lowest BCUT2D eigenvalue weighted by Crippen LogP contribution is -2.11. The summed E-state index contributed by atoms with van der Waals surface area (Å²) in [6, 6.07) is 7.53. The van der Waals surface area contributed by atoms with Crippen molar-refractivity contribution < 1.29 is 14.3 Å². The van der Waals surface area contributed by atoms with Gasteiger partial charge < -0.3 is 9.47 Å². The highest BCUT2D eigenvalue weighted by molar-refractivity contribution is 9.12.